The highest BCUT2D eigenvalue weighted by Gasteiger charge is 2.41. The van der Waals surface area contributed by atoms with Crippen molar-refractivity contribution >= 4 is 0 Å². The summed E-state index contributed by atoms with van der Waals surface area (Å²) in [4.78, 5) is 4.05. The van der Waals surface area contributed by atoms with Crippen LogP contribution in [0.15, 0.2) is 24.5 Å². The van der Waals surface area contributed by atoms with Crippen LogP contribution in [0.4, 0.5) is 8.78 Å². The molecule has 1 N–H and O–H groups in total. The van der Waals surface area contributed by atoms with E-state index in [-0.39, 0.29) is 24.8 Å². The Kier molecular flexibility index (Phi) is 3.72. The number of halogens is 2. The van der Waals surface area contributed by atoms with Gasteiger partial charge in [0.1, 0.15) is 0 Å². The van der Waals surface area contributed by atoms with Crippen molar-refractivity contribution < 1.29 is 8.78 Å². The minimum Gasteiger partial charge on any atom is -0.316 e. The summed E-state index contributed by atoms with van der Waals surface area (Å²) in [6.45, 7) is 0. The first-order chi connectivity index (χ1) is 8.11. The molecule has 0 bridgehead atoms. The minimum atomic E-state index is -2.46. The number of aromatic nitrogens is 1. The fourth-order valence-corrected chi connectivity index (χ4v) is 2.60. The summed E-state index contributed by atoms with van der Waals surface area (Å²) in [7, 11) is 1.84. The van der Waals surface area contributed by atoms with Crippen LogP contribution in [0, 0.1) is 5.92 Å². The summed E-state index contributed by atoms with van der Waals surface area (Å²) < 4.78 is 26.4. The van der Waals surface area contributed by atoms with Crippen LogP contribution in [0.25, 0.3) is 0 Å². The lowest BCUT2D eigenvalue weighted by atomic mass is 9.93. The topological polar surface area (TPSA) is 24.9 Å². The second-order valence-electron chi connectivity index (χ2n) is 4.82. The maximum atomic E-state index is 13.2. The summed E-state index contributed by atoms with van der Waals surface area (Å²) in [5, 5.41) is 3.17. The number of nitrogens with zero attached hydrogens (tertiary/aromatic N) is 1. The van der Waals surface area contributed by atoms with Gasteiger partial charge in [0, 0.05) is 31.3 Å². The molecule has 1 saturated carbocycles. The maximum Gasteiger partial charge on any atom is 0.248 e. The Bertz CT molecular complexity index is 354. The Hall–Kier alpha value is -1.03. The Morgan fingerprint density at radius 1 is 1.59 bits per heavy atom. The van der Waals surface area contributed by atoms with Crippen molar-refractivity contribution in [1.82, 2.24) is 10.3 Å². The van der Waals surface area contributed by atoms with Crippen molar-refractivity contribution in [3.63, 3.8) is 0 Å². The molecule has 94 valence electrons. The molecule has 4 heteroatoms. The van der Waals surface area contributed by atoms with E-state index in [1.165, 1.54) is 0 Å². The summed E-state index contributed by atoms with van der Waals surface area (Å²) in [5.74, 6) is -2.40. The van der Waals surface area contributed by atoms with Crippen LogP contribution in [0.3, 0.4) is 0 Å². The molecule has 1 fully saturated rings. The van der Waals surface area contributed by atoms with Crippen LogP contribution in [-0.2, 0) is 6.42 Å². The van der Waals surface area contributed by atoms with Gasteiger partial charge in [-0.15, -0.1) is 0 Å². The summed E-state index contributed by atoms with van der Waals surface area (Å²) in [6, 6.07) is 3.99. The molecule has 0 spiro atoms. The second kappa shape index (κ2) is 5.08. The van der Waals surface area contributed by atoms with Crippen LogP contribution in [0.5, 0.6) is 0 Å². The van der Waals surface area contributed by atoms with Crippen molar-refractivity contribution in [2.45, 2.75) is 37.6 Å². The van der Waals surface area contributed by atoms with Crippen LogP contribution in [0.1, 0.15) is 24.8 Å². The van der Waals surface area contributed by atoms with Gasteiger partial charge >= 0.3 is 0 Å². The molecule has 0 aromatic carbocycles. The van der Waals surface area contributed by atoms with Crippen LogP contribution < -0.4 is 5.32 Å². The van der Waals surface area contributed by atoms with Crippen molar-refractivity contribution in [1.29, 1.82) is 0 Å². The second-order valence-corrected chi connectivity index (χ2v) is 4.82. The predicted octanol–water partition coefficient (Wildman–Crippen LogP) is 2.65. The van der Waals surface area contributed by atoms with E-state index in [9.17, 15) is 8.78 Å². The average Bonchev–Trinajstić information content (AvgIpc) is 2.68. The van der Waals surface area contributed by atoms with Gasteiger partial charge in [-0.1, -0.05) is 6.07 Å². The quantitative estimate of drug-likeness (QED) is 0.875. The van der Waals surface area contributed by atoms with E-state index in [0.717, 1.165) is 12.0 Å². The highest BCUT2D eigenvalue weighted by Crippen LogP contribution is 2.40. The van der Waals surface area contributed by atoms with E-state index >= 15 is 0 Å². The van der Waals surface area contributed by atoms with Crippen molar-refractivity contribution in [3.8, 4) is 0 Å². The Morgan fingerprint density at radius 3 is 2.94 bits per heavy atom. The van der Waals surface area contributed by atoms with E-state index < -0.39 is 5.92 Å². The molecule has 1 aliphatic rings. The predicted molar refractivity (Wildman–Crippen MR) is 63.1 cm³/mol. The Morgan fingerprint density at radius 2 is 2.41 bits per heavy atom. The zero-order valence-corrected chi connectivity index (χ0v) is 10.00. The molecule has 0 amide bonds. The lowest BCUT2D eigenvalue weighted by Gasteiger charge is -2.23. The number of rotatable bonds is 4. The standard InChI is InChI=1S/C13H18F2N2/c1-16-12(7-10-3-2-6-17-9-10)11-4-5-13(14,15)8-11/h2-3,6,9,11-12,16H,4-5,7-8H2,1H3. The zero-order valence-electron chi connectivity index (χ0n) is 10.00. The summed E-state index contributed by atoms with van der Waals surface area (Å²) in [5.41, 5.74) is 1.10. The minimum absolute atomic E-state index is 0.0127. The first-order valence-corrected chi connectivity index (χ1v) is 6.05. The number of pyridine rings is 1. The van der Waals surface area contributed by atoms with Crippen molar-refractivity contribution in [2.75, 3.05) is 7.05 Å². The fourth-order valence-electron chi connectivity index (χ4n) is 2.60. The van der Waals surface area contributed by atoms with Crippen molar-refractivity contribution in [3.05, 3.63) is 30.1 Å². The highest BCUT2D eigenvalue weighted by atomic mass is 19.3. The summed E-state index contributed by atoms with van der Waals surface area (Å²) >= 11 is 0. The molecule has 0 saturated heterocycles. The molecule has 2 nitrogen and oxygen atoms in total. The molecular weight excluding hydrogens is 222 g/mol. The lowest BCUT2D eigenvalue weighted by Crippen LogP contribution is -2.35. The van der Waals surface area contributed by atoms with Crippen LogP contribution in [-0.4, -0.2) is 24.0 Å². The molecule has 2 atom stereocenters. The molecule has 1 heterocycles. The van der Waals surface area contributed by atoms with Gasteiger partial charge in [0.05, 0.1) is 0 Å². The molecule has 2 rings (SSSR count). The van der Waals surface area contributed by atoms with Gasteiger partial charge in [-0.25, -0.2) is 8.78 Å². The number of hydrogen-bond donors (Lipinski definition) is 1. The van der Waals surface area contributed by atoms with E-state index in [2.05, 4.69) is 10.3 Å². The number of hydrogen-bond acceptors (Lipinski definition) is 2. The maximum absolute atomic E-state index is 13.2. The Balaban J connectivity index is 1.98. The number of alkyl halides is 2. The van der Waals surface area contributed by atoms with Crippen molar-refractivity contribution in [2.24, 2.45) is 5.92 Å². The molecular formula is C13H18F2N2. The van der Waals surface area contributed by atoms with Gasteiger partial charge in [-0.3, -0.25) is 4.98 Å². The zero-order chi connectivity index (χ0) is 12.3. The first-order valence-electron chi connectivity index (χ1n) is 6.05. The smallest absolute Gasteiger partial charge is 0.248 e. The first kappa shape index (κ1) is 12.4. The van der Waals surface area contributed by atoms with E-state index in [4.69, 9.17) is 0 Å². The van der Waals surface area contributed by atoms with E-state index in [1.54, 1.807) is 12.4 Å². The third kappa shape index (κ3) is 3.22. The monoisotopic (exact) mass is 240 g/mol. The number of nitrogens with one attached hydrogen (secondary N) is 1. The van der Waals surface area contributed by atoms with E-state index in [0.29, 0.717) is 6.42 Å². The normalized spacial score (nSPS) is 24.8. The van der Waals surface area contributed by atoms with E-state index in [1.807, 2.05) is 19.2 Å². The van der Waals surface area contributed by atoms with Gasteiger partial charge < -0.3 is 5.32 Å². The third-order valence-corrected chi connectivity index (χ3v) is 3.56. The average molecular weight is 240 g/mol. The lowest BCUT2D eigenvalue weighted by molar-refractivity contribution is 0.00343. The molecule has 1 aromatic rings. The van der Waals surface area contributed by atoms with Gasteiger partial charge in [0.25, 0.3) is 0 Å². The number of likely N-dealkylation sites (N-methyl/N-ethyl adjacent to an activating group) is 1. The molecule has 0 radical (unpaired) electrons. The molecule has 1 aromatic heterocycles. The fraction of sp³-hybridized carbons (Fsp3) is 0.615. The SMILES string of the molecule is CNC(Cc1cccnc1)C1CCC(F)(F)C1. The Labute approximate surface area is 100 Å². The molecule has 17 heavy (non-hydrogen) atoms. The van der Waals surface area contributed by atoms with Gasteiger partial charge in [0.15, 0.2) is 0 Å². The molecule has 1 aliphatic carbocycles. The van der Waals surface area contributed by atoms with Gasteiger partial charge in [0.2, 0.25) is 5.92 Å². The third-order valence-electron chi connectivity index (χ3n) is 3.56. The highest BCUT2D eigenvalue weighted by molar-refractivity contribution is 5.11. The van der Waals surface area contributed by atoms with Crippen LogP contribution in [0.2, 0.25) is 0 Å². The molecule has 2 unspecified atom stereocenters. The van der Waals surface area contributed by atoms with Crippen LogP contribution >= 0.6 is 0 Å². The molecule has 0 aliphatic heterocycles. The largest absolute Gasteiger partial charge is 0.316 e. The van der Waals surface area contributed by atoms with Gasteiger partial charge in [-0.2, -0.15) is 0 Å². The summed E-state index contributed by atoms with van der Waals surface area (Å²) in [6.07, 6.45) is 4.95. The van der Waals surface area contributed by atoms with Gasteiger partial charge in [-0.05, 0) is 37.4 Å².